The molecule has 3 rings (SSSR count). The first-order valence-electron chi connectivity index (χ1n) is 8.75. The summed E-state index contributed by atoms with van der Waals surface area (Å²) in [5.74, 6) is 1.24. The van der Waals surface area contributed by atoms with Gasteiger partial charge in [-0.15, -0.1) is 0 Å². The number of anilines is 1. The van der Waals surface area contributed by atoms with Crippen LogP contribution in [-0.4, -0.2) is 32.0 Å². The van der Waals surface area contributed by atoms with Gasteiger partial charge in [0.05, 0.1) is 21.6 Å². The maximum absolute atomic E-state index is 12.5. The van der Waals surface area contributed by atoms with Crippen molar-refractivity contribution in [2.45, 2.75) is 30.6 Å². The Morgan fingerprint density at radius 1 is 1.15 bits per heavy atom. The quantitative estimate of drug-likeness (QED) is 0.565. The summed E-state index contributed by atoms with van der Waals surface area (Å²) in [7, 11) is -1.67. The van der Waals surface area contributed by atoms with Crippen LogP contribution in [0.15, 0.2) is 53.4 Å². The van der Waals surface area contributed by atoms with E-state index in [2.05, 4.69) is 26.9 Å². The number of nitrogens with one attached hydrogen (secondary N) is 3. The van der Waals surface area contributed by atoms with Gasteiger partial charge in [0.1, 0.15) is 5.82 Å². The summed E-state index contributed by atoms with van der Waals surface area (Å²) in [6.45, 7) is 3.00. The highest BCUT2D eigenvalue weighted by molar-refractivity contribution is 7.92. The molecule has 1 atom stereocenters. The zero-order chi connectivity index (χ0) is 18.6. The molecule has 1 unspecified atom stereocenters. The summed E-state index contributed by atoms with van der Waals surface area (Å²) in [6, 6.07) is 13.7. The average Bonchev–Trinajstić information content (AvgIpc) is 3.05. The van der Waals surface area contributed by atoms with Gasteiger partial charge in [-0.3, -0.25) is 4.72 Å². The van der Waals surface area contributed by atoms with Gasteiger partial charge >= 0.3 is 0 Å². The van der Waals surface area contributed by atoms with Crippen LogP contribution in [0.5, 0.6) is 0 Å². The second kappa shape index (κ2) is 7.88. The third-order valence-corrected chi connectivity index (χ3v) is 5.68. The van der Waals surface area contributed by atoms with E-state index in [1.807, 2.05) is 13.1 Å². The molecule has 0 radical (unpaired) electrons. The first-order chi connectivity index (χ1) is 12.5. The number of aromatic amines is 1. The lowest BCUT2D eigenvalue weighted by molar-refractivity contribution is 0.555. The minimum absolute atomic E-state index is 0.238. The van der Waals surface area contributed by atoms with E-state index in [1.165, 1.54) is 0 Å². The highest BCUT2D eigenvalue weighted by atomic mass is 32.2. The van der Waals surface area contributed by atoms with Gasteiger partial charge in [-0.05, 0) is 43.8 Å². The van der Waals surface area contributed by atoms with Crippen molar-refractivity contribution in [1.29, 1.82) is 0 Å². The summed E-state index contributed by atoms with van der Waals surface area (Å²) < 4.78 is 27.6. The Hall–Kier alpha value is -2.38. The van der Waals surface area contributed by atoms with Crippen molar-refractivity contribution in [3.05, 3.63) is 54.4 Å². The van der Waals surface area contributed by atoms with E-state index < -0.39 is 10.0 Å². The molecule has 0 aliphatic carbocycles. The van der Waals surface area contributed by atoms with Crippen LogP contribution < -0.4 is 10.0 Å². The standard InChI is InChI=1S/C19H24N4O2S/c1-3-7-14(13-20-2)19-21-17-11-10-15(12-18(17)22-19)23-26(24,25)16-8-5-4-6-9-16/h4-6,8-12,14,20,23H,3,7,13H2,1-2H3,(H,21,22). The smallest absolute Gasteiger partial charge is 0.261 e. The lowest BCUT2D eigenvalue weighted by Gasteiger charge is -2.12. The number of aromatic nitrogens is 2. The minimum Gasteiger partial charge on any atom is -0.342 e. The van der Waals surface area contributed by atoms with Crippen LogP contribution in [0.1, 0.15) is 31.5 Å². The number of hydrogen-bond donors (Lipinski definition) is 3. The van der Waals surface area contributed by atoms with E-state index in [1.54, 1.807) is 42.5 Å². The van der Waals surface area contributed by atoms with E-state index in [9.17, 15) is 8.42 Å². The largest absolute Gasteiger partial charge is 0.342 e. The number of fused-ring (bicyclic) bond motifs is 1. The third-order valence-electron chi connectivity index (χ3n) is 4.28. The maximum Gasteiger partial charge on any atom is 0.261 e. The van der Waals surface area contributed by atoms with Crippen molar-refractivity contribution < 1.29 is 8.42 Å². The normalized spacial score (nSPS) is 13.0. The van der Waals surface area contributed by atoms with Crippen LogP contribution >= 0.6 is 0 Å². The van der Waals surface area contributed by atoms with Crippen molar-refractivity contribution in [2.75, 3.05) is 18.3 Å². The van der Waals surface area contributed by atoms with Gasteiger partial charge in [-0.25, -0.2) is 13.4 Å². The van der Waals surface area contributed by atoms with E-state index in [0.29, 0.717) is 11.6 Å². The van der Waals surface area contributed by atoms with Gasteiger partial charge in [0.2, 0.25) is 0 Å². The van der Waals surface area contributed by atoms with Crippen LogP contribution in [0.2, 0.25) is 0 Å². The predicted molar refractivity (Wildman–Crippen MR) is 105 cm³/mol. The number of rotatable bonds is 8. The first kappa shape index (κ1) is 18.4. The Morgan fingerprint density at radius 2 is 1.92 bits per heavy atom. The topological polar surface area (TPSA) is 86.9 Å². The SMILES string of the molecule is CCCC(CNC)c1nc2ccc(NS(=O)(=O)c3ccccc3)cc2[nH]1. The zero-order valence-corrected chi connectivity index (χ0v) is 15.8. The Balaban J connectivity index is 1.87. The molecule has 0 spiro atoms. The number of sulfonamides is 1. The fourth-order valence-corrected chi connectivity index (χ4v) is 4.10. The van der Waals surface area contributed by atoms with Crippen LogP contribution in [0.4, 0.5) is 5.69 Å². The highest BCUT2D eigenvalue weighted by Crippen LogP contribution is 2.24. The second-order valence-corrected chi connectivity index (χ2v) is 8.00. The Morgan fingerprint density at radius 3 is 2.62 bits per heavy atom. The Kier molecular flexibility index (Phi) is 5.58. The van der Waals surface area contributed by atoms with E-state index in [4.69, 9.17) is 0 Å². The molecule has 26 heavy (non-hydrogen) atoms. The van der Waals surface area contributed by atoms with Gasteiger partial charge in [0.15, 0.2) is 0 Å². The molecule has 2 aromatic carbocycles. The maximum atomic E-state index is 12.5. The number of imidazole rings is 1. The molecule has 0 amide bonds. The molecule has 0 saturated carbocycles. The summed E-state index contributed by atoms with van der Waals surface area (Å²) in [4.78, 5) is 8.26. The second-order valence-electron chi connectivity index (χ2n) is 6.32. The molecule has 0 aliphatic rings. The summed E-state index contributed by atoms with van der Waals surface area (Å²) >= 11 is 0. The highest BCUT2D eigenvalue weighted by Gasteiger charge is 2.16. The molecule has 3 aromatic rings. The molecule has 6 nitrogen and oxygen atoms in total. The van der Waals surface area contributed by atoms with Crippen LogP contribution in [0.3, 0.4) is 0 Å². The molecule has 0 aliphatic heterocycles. The van der Waals surface area contributed by atoms with Crippen molar-refractivity contribution in [2.24, 2.45) is 0 Å². The Labute approximate surface area is 154 Å². The minimum atomic E-state index is -3.60. The molecular formula is C19H24N4O2S. The molecule has 1 aromatic heterocycles. The van der Waals surface area contributed by atoms with Gasteiger partial charge < -0.3 is 10.3 Å². The molecule has 0 saturated heterocycles. The van der Waals surface area contributed by atoms with Gasteiger partial charge in [-0.1, -0.05) is 31.5 Å². The summed E-state index contributed by atoms with van der Waals surface area (Å²) in [5.41, 5.74) is 2.17. The lowest BCUT2D eigenvalue weighted by atomic mass is 10.0. The van der Waals surface area contributed by atoms with E-state index in [-0.39, 0.29) is 4.90 Å². The summed E-state index contributed by atoms with van der Waals surface area (Å²) in [6.07, 6.45) is 2.11. The van der Waals surface area contributed by atoms with Gasteiger partial charge in [0, 0.05) is 12.5 Å². The molecule has 0 bridgehead atoms. The van der Waals surface area contributed by atoms with Crippen molar-refractivity contribution in [3.63, 3.8) is 0 Å². The van der Waals surface area contributed by atoms with Crippen molar-refractivity contribution in [1.82, 2.24) is 15.3 Å². The molecular weight excluding hydrogens is 348 g/mol. The van der Waals surface area contributed by atoms with Crippen LogP contribution in [0, 0.1) is 0 Å². The monoisotopic (exact) mass is 372 g/mol. The molecule has 0 fully saturated rings. The number of H-pyrrole nitrogens is 1. The fourth-order valence-electron chi connectivity index (χ4n) is 3.03. The van der Waals surface area contributed by atoms with Crippen molar-refractivity contribution >= 4 is 26.7 Å². The zero-order valence-electron chi connectivity index (χ0n) is 15.0. The number of benzene rings is 2. The molecule has 7 heteroatoms. The first-order valence-corrected chi connectivity index (χ1v) is 10.2. The van der Waals surface area contributed by atoms with Crippen molar-refractivity contribution in [3.8, 4) is 0 Å². The fraction of sp³-hybridized carbons (Fsp3) is 0.316. The molecule has 1 heterocycles. The number of likely N-dealkylation sites (N-methyl/N-ethyl adjacent to an activating group) is 1. The molecule has 3 N–H and O–H groups in total. The van der Waals surface area contributed by atoms with Crippen LogP contribution in [0.25, 0.3) is 11.0 Å². The lowest BCUT2D eigenvalue weighted by Crippen LogP contribution is -2.18. The third kappa shape index (κ3) is 4.05. The van der Waals surface area contributed by atoms with Crippen LogP contribution in [-0.2, 0) is 10.0 Å². The number of hydrogen-bond acceptors (Lipinski definition) is 4. The predicted octanol–water partition coefficient (Wildman–Crippen LogP) is 3.47. The van der Waals surface area contributed by atoms with Gasteiger partial charge in [-0.2, -0.15) is 0 Å². The van der Waals surface area contributed by atoms with E-state index in [0.717, 1.165) is 36.2 Å². The average molecular weight is 372 g/mol. The molecule has 138 valence electrons. The van der Waals surface area contributed by atoms with Gasteiger partial charge in [0.25, 0.3) is 10.0 Å². The number of nitrogens with zero attached hydrogens (tertiary/aromatic N) is 1. The van der Waals surface area contributed by atoms with E-state index >= 15 is 0 Å². The summed E-state index contributed by atoms with van der Waals surface area (Å²) in [5, 5.41) is 3.20. The Bertz CT molecular complexity index is 962.